The Morgan fingerprint density at radius 2 is 1.83 bits per heavy atom. The van der Waals surface area contributed by atoms with Crippen molar-refractivity contribution in [3.63, 3.8) is 0 Å². The number of anilines is 1. The maximum absolute atomic E-state index is 13.3. The number of nitrogens with zero attached hydrogens (tertiary/aromatic N) is 3. The molecule has 2 heterocycles. The van der Waals surface area contributed by atoms with Gasteiger partial charge in [0.1, 0.15) is 0 Å². The number of carbonyl (C=O) groups excluding carboxylic acids is 1. The molecule has 1 aromatic heterocycles. The minimum absolute atomic E-state index is 0.0856. The molecule has 29 heavy (non-hydrogen) atoms. The van der Waals surface area contributed by atoms with Crippen LogP contribution in [0, 0.1) is 10.1 Å². The van der Waals surface area contributed by atoms with E-state index in [1.54, 1.807) is 42.5 Å². The van der Waals surface area contributed by atoms with E-state index in [0.717, 1.165) is 0 Å². The number of pyridine rings is 1. The molecule has 3 aromatic rings. The number of nitro groups is 1. The summed E-state index contributed by atoms with van der Waals surface area (Å²) < 4.78 is 5.85. The summed E-state index contributed by atoms with van der Waals surface area (Å²) in [6.45, 7) is 0.101. The van der Waals surface area contributed by atoms with E-state index in [9.17, 15) is 14.9 Å². The molecule has 2 aromatic carbocycles. The fourth-order valence-electron chi connectivity index (χ4n) is 3.05. The number of ether oxygens (including phenoxy) is 1. The normalized spacial score (nSPS) is 15.6. The molecule has 1 unspecified atom stereocenters. The Kier molecular flexibility index (Phi) is 5.08. The quantitative estimate of drug-likeness (QED) is 0.431. The Labute approximate surface area is 175 Å². The van der Waals surface area contributed by atoms with Crippen molar-refractivity contribution < 1.29 is 14.5 Å². The summed E-state index contributed by atoms with van der Waals surface area (Å²) in [5.74, 6) is -0.396. The van der Waals surface area contributed by atoms with Gasteiger partial charge >= 0.3 is 5.82 Å². The van der Waals surface area contributed by atoms with Crippen LogP contribution >= 0.6 is 23.2 Å². The Morgan fingerprint density at radius 3 is 2.52 bits per heavy atom. The molecule has 0 spiro atoms. The first-order chi connectivity index (χ1) is 13.9. The summed E-state index contributed by atoms with van der Waals surface area (Å²) in [6.07, 6.45) is -0.894. The van der Waals surface area contributed by atoms with Crippen LogP contribution in [0.3, 0.4) is 0 Å². The van der Waals surface area contributed by atoms with Crippen molar-refractivity contribution in [3.8, 4) is 5.75 Å². The molecule has 7 nitrogen and oxygen atoms in total. The van der Waals surface area contributed by atoms with Crippen LogP contribution in [0.25, 0.3) is 0 Å². The number of halogens is 2. The van der Waals surface area contributed by atoms with Gasteiger partial charge in [0.15, 0.2) is 5.75 Å². The summed E-state index contributed by atoms with van der Waals surface area (Å²) in [7, 11) is 0. The summed E-state index contributed by atoms with van der Waals surface area (Å²) >= 11 is 12.1. The van der Waals surface area contributed by atoms with Crippen LogP contribution in [0.1, 0.15) is 17.2 Å². The van der Waals surface area contributed by atoms with Gasteiger partial charge in [0.05, 0.1) is 16.6 Å². The van der Waals surface area contributed by atoms with Gasteiger partial charge in [-0.3, -0.25) is 9.69 Å². The molecule has 0 bridgehead atoms. The van der Waals surface area contributed by atoms with E-state index < -0.39 is 11.0 Å². The van der Waals surface area contributed by atoms with Crippen molar-refractivity contribution in [3.05, 3.63) is 92.0 Å². The summed E-state index contributed by atoms with van der Waals surface area (Å²) in [5, 5.41) is 11.9. The first kappa shape index (κ1) is 19.2. The number of hydrogen-bond donors (Lipinski definition) is 0. The molecule has 0 N–H and O–H groups in total. The SMILES string of the molecule is O=C1C(c2ccccc2)Oc2ccc([N+](=O)[O-])nc2N1Cc1ccc(Cl)c(Cl)c1. The Bertz CT molecular complexity index is 1110. The fraction of sp³-hybridized carbons (Fsp3) is 0.100. The lowest BCUT2D eigenvalue weighted by molar-refractivity contribution is -0.389. The lowest BCUT2D eigenvalue weighted by atomic mass is 10.1. The molecule has 1 atom stereocenters. The van der Waals surface area contributed by atoms with E-state index in [1.165, 1.54) is 17.0 Å². The second kappa shape index (κ2) is 7.69. The highest BCUT2D eigenvalue weighted by atomic mass is 35.5. The monoisotopic (exact) mass is 429 g/mol. The van der Waals surface area contributed by atoms with Gasteiger partial charge in [0.2, 0.25) is 6.10 Å². The molecular weight excluding hydrogens is 417 g/mol. The van der Waals surface area contributed by atoms with Crippen molar-refractivity contribution >= 4 is 40.7 Å². The van der Waals surface area contributed by atoms with Crippen molar-refractivity contribution in [2.45, 2.75) is 12.6 Å². The van der Waals surface area contributed by atoms with Crippen LogP contribution in [0.15, 0.2) is 60.7 Å². The van der Waals surface area contributed by atoms with Gasteiger partial charge in [-0.25, -0.2) is 0 Å². The highest BCUT2D eigenvalue weighted by Crippen LogP contribution is 2.39. The van der Waals surface area contributed by atoms with Gasteiger partial charge in [-0.05, 0) is 33.7 Å². The zero-order valence-electron chi connectivity index (χ0n) is 14.8. The molecule has 4 rings (SSSR count). The van der Waals surface area contributed by atoms with Gasteiger partial charge in [-0.2, -0.15) is 0 Å². The largest absolute Gasteiger partial charge is 0.469 e. The molecule has 1 amide bonds. The average Bonchev–Trinajstić information content (AvgIpc) is 2.72. The standard InChI is InChI=1S/C20H13Cl2N3O4/c21-14-7-6-12(10-15(14)22)11-24-19-16(8-9-17(23-19)25(27)28)29-18(20(24)26)13-4-2-1-3-5-13/h1-10,18H,11H2. The number of aromatic nitrogens is 1. The second-order valence-corrected chi connectivity index (χ2v) is 7.14. The van der Waals surface area contributed by atoms with Crippen molar-refractivity contribution in [2.24, 2.45) is 0 Å². The van der Waals surface area contributed by atoms with Crippen LogP contribution in [0.2, 0.25) is 10.0 Å². The molecule has 0 fully saturated rings. The number of rotatable bonds is 4. The van der Waals surface area contributed by atoms with Gasteiger partial charge in [0, 0.05) is 11.6 Å². The molecular formula is C20H13Cl2N3O4. The number of hydrogen-bond acceptors (Lipinski definition) is 5. The smallest absolute Gasteiger partial charge is 0.366 e. The Hall–Kier alpha value is -3.16. The first-order valence-electron chi connectivity index (χ1n) is 8.56. The zero-order valence-corrected chi connectivity index (χ0v) is 16.3. The van der Waals surface area contributed by atoms with E-state index in [4.69, 9.17) is 27.9 Å². The predicted molar refractivity (Wildman–Crippen MR) is 108 cm³/mol. The fourth-order valence-corrected chi connectivity index (χ4v) is 3.37. The van der Waals surface area contributed by atoms with Crippen LogP contribution in [0.5, 0.6) is 5.75 Å². The average molecular weight is 430 g/mol. The van der Waals surface area contributed by atoms with Gasteiger partial charge in [-0.15, -0.1) is 0 Å². The van der Waals surface area contributed by atoms with Crippen LogP contribution < -0.4 is 9.64 Å². The molecule has 0 saturated heterocycles. The van der Waals surface area contributed by atoms with Crippen LogP contribution in [-0.4, -0.2) is 15.8 Å². The van der Waals surface area contributed by atoms with Crippen LogP contribution in [-0.2, 0) is 11.3 Å². The predicted octanol–water partition coefficient (Wildman–Crippen LogP) is 4.96. The summed E-state index contributed by atoms with van der Waals surface area (Å²) in [4.78, 5) is 29.2. The Balaban J connectivity index is 1.79. The number of amides is 1. The third-order valence-corrected chi connectivity index (χ3v) is 5.17. The minimum Gasteiger partial charge on any atom is -0.469 e. The van der Waals surface area contributed by atoms with E-state index >= 15 is 0 Å². The summed E-state index contributed by atoms with van der Waals surface area (Å²) in [6, 6.07) is 16.7. The van der Waals surface area contributed by atoms with Crippen molar-refractivity contribution in [2.75, 3.05) is 4.90 Å². The highest BCUT2D eigenvalue weighted by Gasteiger charge is 2.39. The Morgan fingerprint density at radius 1 is 1.07 bits per heavy atom. The lowest BCUT2D eigenvalue weighted by Gasteiger charge is -2.31. The van der Waals surface area contributed by atoms with Crippen molar-refractivity contribution in [1.82, 2.24) is 4.98 Å². The molecule has 146 valence electrons. The highest BCUT2D eigenvalue weighted by molar-refractivity contribution is 6.42. The number of carbonyl (C=O) groups is 1. The van der Waals surface area contributed by atoms with E-state index in [0.29, 0.717) is 21.2 Å². The molecule has 0 saturated carbocycles. The zero-order chi connectivity index (χ0) is 20.5. The molecule has 1 aliphatic rings. The van der Waals surface area contributed by atoms with E-state index in [1.807, 2.05) is 6.07 Å². The maximum atomic E-state index is 13.3. The minimum atomic E-state index is -0.894. The van der Waals surface area contributed by atoms with Crippen molar-refractivity contribution in [1.29, 1.82) is 0 Å². The lowest BCUT2D eigenvalue weighted by Crippen LogP contribution is -2.41. The topological polar surface area (TPSA) is 85.6 Å². The molecule has 9 heteroatoms. The molecule has 0 radical (unpaired) electrons. The molecule has 1 aliphatic heterocycles. The number of fused-ring (bicyclic) bond motifs is 1. The summed E-state index contributed by atoms with van der Waals surface area (Å²) in [5.41, 5.74) is 1.36. The molecule has 0 aliphatic carbocycles. The third-order valence-electron chi connectivity index (χ3n) is 4.43. The second-order valence-electron chi connectivity index (χ2n) is 6.33. The number of benzene rings is 2. The first-order valence-corrected chi connectivity index (χ1v) is 9.32. The van der Waals surface area contributed by atoms with Crippen LogP contribution in [0.4, 0.5) is 11.6 Å². The third kappa shape index (κ3) is 3.74. The van der Waals surface area contributed by atoms with Gasteiger partial charge in [0.25, 0.3) is 11.7 Å². The van der Waals surface area contributed by atoms with Gasteiger partial charge < -0.3 is 14.9 Å². The van der Waals surface area contributed by atoms with E-state index in [2.05, 4.69) is 4.98 Å². The van der Waals surface area contributed by atoms with Gasteiger partial charge in [-0.1, -0.05) is 59.6 Å². The maximum Gasteiger partial charge on any atom is 0.366 e. The van der Waals surface area contributed by atoms with E-state index in [-0.39, 0.29) is 29.8 Å².